The summed E-state index contributed by atoms with van der Waals surface area (Å²) in [7, 11) is 5.76. The molecule has 19 nitrogen and oxygen atoms in total. The van der Waals surface area contributed by atoms with E-state index in [1.54, 1.807) is 16.8 Å². The monoisotopic (exact) mass is 1250 g/mol. The Morgan fingerprint density at radius 1 is 0.364 bits per heavy atom. The Balaban J connectivity index is 0.00000114. The molecule has 4 atom stereocenters. The fourth-order valence-corrected chi connectivity index (χ4v) is 10.8. The van der Waals surface area contributed by atoms with Crippen LogP contribution in [-0.4, -0.2) is 178 Å². The van der Waals surface area contributed by atoms with E-state index >= 15 is 0 Å². The van der Waals surface area contributed by atoms with Gasteiger partial charge in [0.1, 0.15) is 0 Å². The number of rotatable bonds is 44. The average molecular weight is 1250 g/mol. The largest absolute Gasteiger partial charge is 0.465 e. The van der Waals surface area contributed by atoms with Crippen molar-refractivity contribution in [1.29, 1.82) is 0 Å². The highest BCUT2D eigenvalue weighted by molar-refractivity contribution is 5.88. The van der Waals surface area contributed by atoms with Crippen LogP contribution in [0, 0.1) is 23.7 Å². The summed E-state index contributed by atoms with van der Waals surface area (Å²) >= 11 is 0. The first kappa shape index (κ1) is 83.1. The standard InChI is InChI=1S/C23H43NO3.C17H31NO3.C16H30N2O3.C12H21NO3.CO2/c1-3-5-7-8-9-10-11-12-13-14-15-16-17-24-20-21(19-22(24)25)23(26)27-18-6-4-2;1-3-5-7-9-11-18-14-15(13-16(18)19)17(20)21-12-10-8-6-4-2;1-4-5-6-7-11-21-16(20)14-12-15(19)18(13-14)10-8-9-17(2)3;1-3-4-5-6-7-16-12(15)10-8-11(14)13(2)9-10;2-1-3/h21H,3-20H2,1-2H3;15H,3-14H2,1-2H3;14H,4-13H2,1-3H3;10H,3-9H2,1-2H3;. The lowest BCUT2D eigenvalue weighted by Gasteiger charge is -2.17. The number of amides is 4. The molecule has 4 aliphatic rings. The number of carbonyl (C=O) groups excluding carboxylic acids is 10. The van der Waals surface area contributed by atoms with Gasteiger partial charge < -0.3 is 43.4 Å². The predicted molar refractivity (Wildman–Crippen MR) is 344 cm³/mol. The first-order valence-corrected chi connectivity index (χ1v) is 34.9. The van der Waals surface area contributed by atoms with E-state index in [9.17, 15) is 38.4 Å². The maximum Gasteiger partial charge on any atom is 0.373 e. The molecular weight excluding hydrogens is 1120 g/mol. The molecule has 88 heavy (non-hydrogen) atoms. The van der Waals surface area contributed by atoms with Gasteiger partial charge in [0.05, 0.1) is 50.1 Å². The average Bonchev–Trinajstić information content (AvgIpc) is 4.51. The second-order valence-corrected chi connectivity index (χ2v) is 24.8. The van der Waals surface area contributed by atoms with Gasteiger partial charge >= 0.3 is 30.0 Å². The molecule has 0 N–H and O–H groups in total. The minimum Gasteiger partial charge on any atom is -0.465 e. The highest BCUT2D eigenvalue weighted by Crippen LogP contribution is 2.24. The van der Waals surface area contributed by atoms with Gasteiger partial charge in [-0.2, -0.15) is 9.59 Å². The third kappa shape index (κ3) is 42.2. The zero-order valence-electron chi connectivity index (χ0n) is 57.0. The van der Waals surface area contributed by atoms with Gasteiger partial charge in [-0.1, -0.05) is 196 Å². The Morgan fingerprint density at radius 2 is 0.602 bits per heavy atom. The highest BCUT2D eigenvalue weighted by atomic mass is 16.5. The van der Waals surface area contributed by atoms with Crippen LogP contribution in [-0.2, 0) is 66.9 Å². The molecule has 0 aromatic carbocycles. The Bertz CT molecular complexity index is 1900. The zero-order valence-corrected chi connectivity index (χ0v) is 57.0. The second kappa shape index (κ2) is 56.1. The van der Waals surface area contributed by atoms with Crippen LogP contribution in [0.1, 0.15) is 266 Å². The molecule has 4 aliphatic heterocycles. The van der Waals surface area contributed by atoms with Crippen molar-refractivity contribution < 1.29 is 66.9 Å². The van der Waals surface area contributed by atoms with Crippen molar-refractivity contribution in [2.24, 2.45) is 23.7 Å². The second-order valence-electron chi connectivity index (χ2n) is 24.8. The first-order chi connectivity index (χ1) is 42.5. The molecule has 0 radical (unpaired) electrons. The fraction of sp³-hybridized carbons (Fsp3) is 0.870. The molecule has 4 saturated heterocycles. The first-order valence-electron chi connectivity index (χ1n) is 34.9. The SMILES string of the molecule is CCCCCCCCCCCCCCN1CC(C(=O)OCCCC)CC1=O.CCCCCCOC(=O)C1CC(=O)N(C)C1.CCCCCCOC(=O)C1CC(=O)N(CCCCCC)C1.CCCCCCOC(=O)C1CC(=O)N(CCCN(C)C)C1.O=C=O. The number of ether oxygens (including phenoxy) is 4. The molecule has 4 heterocycles. The molecule has 0 bridgehead atoms. The molecule has 4 unspecified atom stereocenters. The molecule has 4 rings (SSSR count). The normalized spacial score (nSPS) is 17.8. The summed E-state index contributed by atoms with van der Waals surface area (Å²) in [6, 6.07) is 0. The van der Waals surface area contributed by atoms with E-state index < -0.39 is 0 Å². The van der Waals surface area contributed by atoms with Crippen LogP contribution >= 0.6 is 0 Å². The lowest BCUT2D eigenvalue weighted by Crippen LogP contribution is -2.29. The van der Waals surface area contributed by atoms with Crippen LogP contribution in [0.5, 0.6) is 0 Å². The van der Waals surface area contributed by atoms with Crippen molar-refractivity contribution in [2.75, 3.05) is 99.9 Å². The molecule has 0 aromatic heterocycles. The predicted octanol–water partition coefficient (Wildman–Crippen LogP) is 12.3. The van der Waals surface area contributed by atoms with E-state index in [0.29, 0.717) is 78.3 Å². The van der Waals surface area contributed by atoms with E-state index in [4.69, 9.17) is 28.5 Å². The molecule has 510 valence electrons. The van der Waals surface area contributed by atoms with Gasteiger partial charge in [0.15, 0.2) is 0 Å². The van der Waals surface area contributed by atoms with E-state index in [1.807, 2.05) is 23.9 Å². The zero-order chi connectivity index (χ0) is 65.6. The molecule has 0 saturated carbocycles. The summed E-state index contributed by atoms with van der Waals surface area (Å²) in [6.45, 7) is 20.4. The van der Waals surface area contributed by atoms with E-state index in [0.717, 1.165) is 103 Å². The number of nitrogens with zero attached hydrogens (tertiary/aromatic N) is 5. The molecule has 4 fully saturated rings. The van der Waals surface area contributed by atoms with Crippen LogP contribution in [0.3, 0.4) is 0 Å². The fourth-order valence-electron chi connectivity index (χ4n) is 10.8. The Morgan fingerprint density at radius 3 is 0.886 bits per heavy atom. The summed E-state index contributed by atoms with van der Waals surface area (Å²) < 4.78 is 21.0. The number of unbranched alkanes of at least 4 members (excludes halogenated alkanes) is 24. The minimum atomic E-state index is -0.261. The van der Waals surface area contributed by atoms with Gasteiger partial charge in [-0.05, 0) is 65.6 Å². The van der Waals surface area contributed by atoms with Crippen molar-refractivity contribution in [3.05, 3.63) is 0 Å². The van der Waals surface area contributed by atoms with Crippen LogP contribution in [0.2, 0.25) is 0 Å². The molecule has 0 aliphatic carbocycles. The molecule has 4 amide bonds. The van der Waals surface area contributed by atoms with Crippen molar-refractivity contribution in [3.63, 3.8) is 0 Å². The molecule has 0 spiro atoms. The third-order valence-electron chi connectivity index (χ3n) is 16.4. The summed E-state index contributed by atoms with van der Waals surface area (Å²) in [5, 5.41) is 0. The van der Waals surface area contributed by atoms with Crippen molar-refractivity contribution in [1.82, 2.24) is 24.5 Å². The topological polar surface area (TPSA) is 224 Å². The summed E-state index contributed by atoms with van der Waals surface area (Å²) in [6.07, 6.45) is 38.0. The van der Waals surface area contributed by atoms with Crippen LogP contribution in [0.15, 0.2) is 0 Å². The Kier molecular flexibility index (Phi) is 53.0. The van der Waals surface area contributed by atoms with Crippen LogP contribution in [0.25, 0.3) is 0 Å². The van der Waals surface area contributed by atoms with Crippen LogP contribution in [0.4, 0.5) is 0 Å². The summed E-state index contributed by atoms with van der Waals surface area (Å²) in [5.74, 6) is -1.42. The Hall–Kier alpha value is -4.90. The van der Waals surface area contributed by atoms with Crippen molar-refractivity contribution in [3.8, 4) is 0 Å². The van der Waals surface area contributed by atoms with Gasteiger partial charge in [0, 0.05) is 78.5 Å². The summed E-state index contributed by atoms with van der Waals surface area (Å²) in [4.78, 5) is 120. The smallest absolute Gasteiger partial charge is 0.373 e. The number of hydrogen-bond acceptors (Lipinski definition) is 15. The lowest BCUT2D eigenvalue weighted by molar-refractivity contribution is -0.192. The van der Waals surface area contributed by atoms with Gasteiger partial charge in [0.2, 0.25) is 23.6 Å². The number of carbonyl (C=O) groups is 8. The number of likely N-dealkylation sites (tertiary alicyclic amines) is 4. The molecular formula is C69H125N5O14. The van der Waals surface area contributed by atoms with Crippen molar-refractivity contribution in [2.45, 2.75) is 266 Å². The van der Waals surface area contributed by atoms with E-state index in [2.05, 4.69) is 46.4 Å². The molecule has 0 aromatic rings. The number of esters is 4. The lowest BCUT2D eigenvalue weighted by atomic mass is 10.1. The van der Waals surface area contributed by atoms with Gasteiger partial charge in [0.25, 0.3) is 0 Å². The van der Waals surface area contributed by atoms with Gasteiger partial charge in [-0.25, -0.2) is 0 Å². The highest BCUT2D eigenvalue weighted by Gasteiger charge is 2.37. The number of hydrogen-bond donors (Lipinski definition) is 0. The van der Waals surface area contributed by atoms with Crippen molar-refractivity contribution >= 4 is 53.7 Å². The maximum absolute atomic E-state index is 12.1. The minimum absolute atomic E-state index is 0.0351. The Labute approximate surface area is 532 Å². The molecule has 19 heteroatoms. The maximum atomic E-state index is 12.1. The quantitative estimate of drug-likeness (QED) is 0.0314. The van der Waals surface area contributed by atoms with E-state index in [1.165, 1.54) is 122 Å². The van der Waals surface area contributed by atoms with Crippen LogP contribution < -0.4 is 0 Å². The van der Waals surface area contributed by atoms with Gasteiger partial charge in [-0.15, -0.1) is 0 Å². The van der Waals surface area contributed by atoms with E-state index in [-0.39, 0.29) is 77.3 Å². The summed E-state index contributed by atoms with van der Waals surface area (Å²) in [5.41, 5.74) is 0. The van der Waals surface area contributed by atoms with Gasteiger partial charge in [-0.3, -0.25) is 38.4 Å². The third-order valence-corrected chi connectivity index (χ3v) is 16.4.